The number of para-hydroxylation sites is 1. The third kappa shape index (κ3) is 2.75. The number of fused-ring (bicyclic) bond motifs is 3. The second-order valence-electron chi connectivity index (χ2n) is 8.42. The number of carbonyl (C=O) groups is 2. The highest BCUT2D eigenvalue weighted by Gasteiger charge is 2.41. The maximum absolute atomic E-state index is 12.1. The fourth-order valence-electron chi connectivity index (χ4n) is 5.14. The zero-order chi connectivity index (χ0) is 20.2. The topological polar surface area (TPSA) is 84.5 Å². The molecule has 2 N–H and O–H groups in total. The van der Waals surface area contributed by atoms with Crippen LogP contribution in [0.5, 0.6) is 0 Å². The summed E-state index contributed by atoms with van der Waals surface area (Å²) in [5, 5.41) is 4.33. The van der Waals surface area contributed by atoms with Gasteiger partial charge in [-0.25, -0.2) is 0 Å². The zero-order valence-corrected chi connectivity index (χ0v) is 16.6. The van der Waals surface area contributed by atoms with Crippen molar-refractivity contribution in [2.75, 3.05) is 31.2 Å². The molecule has 2 saturated heterocycles. The predicted octanol–water partition coefficient (Wildman–Crippen LogP) is 2.26. The van der Waals surface area contributed by atoms with E-state index in [1.54, 1.807) is 13.1 Å². The molecule has 2 amide bonds. The molecule has 2 aromatic heterocycles. The van der Waals surface area contributed by atoms with Crippen LogP contribution in [0.2, 0.25) is 0 Å². The lowest BCUT2D eigenvalue weighted by Gasteiger charge is -2.41. The molecule has 2 aliphatic heterocycles. The van der Waals surface area contributed by atoms with Gasteiger partial charge in [-0.2, -0.15) is 0 Å². The summed E-state index contributed by atoms with van der Waals surface area (Å²) < 4.78 is 2.16. The van der Waals surface area contributed by atoms with Gasteiger partial charge in [-0.15, -0.1) is 0 Å². The van der Waals surface area contributed by atoms with Gasteiger partial charge >= 0.3 is 0 Å². The summed E-state index contributed by atoms with van der Waals surface area (Å²) in [6.07, 6.45) is 6.51. The van der Waals surface area contributed by atoms with Crippen LogP contribution in [-0.2, 0) is 4.79 Å². The highest BCUT2D eigenvalue weighted by Crippen LogP contribution is 2.41. The lowest BCUT2D eigenvalue weighted by molar-refractivity contribution is -0.128. The number of hydrogen-bond acceptors (Lipinski definition) is 4. The van der Waals surface area contributed by atoms with E-state index in [1.807, 2.05) is 23.2 Å². The Balaban J connectivity index is 1.56. The highest BCUT2D eigenvalue weighted by atomic mass is 16.2. The number of carbonyl (C=O) groups excluding carboxylic acids is 2. The van der Waals surface area contributed by atoms with Crippen LogP contribution >= 0.6 is 0 Å². The van der Waals surface area contributed by atoms with Gasteiger partial charge in [0.1, 0.15) is 0 Å². The van der Waals surface area contributed by atoms with Crippen LogP contribution in [-0.4, -0.2) is 52.6 Å². The van der Waals surface area contributed by atoms with E-state index in [9.17, 15) is 9.59 Å². The van der Waals surface area contributed by atoms with E-state index in [2.05, 4.69) is 26.8 Å². The van der Waals surface area contributed by atoms with Crippen LogP contribution in [0.4, 0.5) is 0 Å². The van der Waals surface area contributed by atoms with Crippen molar-refractivity contribution in [1.29, 1.82) is 0 Å². The monoisotopic (exact) mass is 391 g/mol. The molecular weight excluding hydrogens is 366 g/mol. The molecule has 7 heteroatoms. The molecule has 7 nitrogen and oxygen atoms in total. The molecule has 0 unspecified atom stereocenters. The fourth-order valence-corrected chi connectivity index (χ4v) is 5.14. The average molecular weight is 391 g/mol. The number of amides is 2. The predicted molar refractivity (Wildman–Crippen MR) is 112 cm³/mol. The maximum Gasteiger partial charge on any atom is 0.252 e. The Morgan fingerprint density at radius 3 is 2.45 bits per heavy atom. The van der Waals surface area contributed by atoms with Crippen LogP contribution < -0.4 is 10.7 Å². The van der Waals surface area contributed by atoms with Gasteiger partial charge in [0.2, 0.25) is 5.91 Å². The Morgan fingerprint density at radius 1 is 1.03 bits per heavy atom. The number of likely N-dealkylation sites (tertiary alicyclic amines) is 1. The second kappa shape index (κ2) is 6.47. The number of pyridine rings is 1. The van der Waals surface area contributed by atoms with Crippen LogP contribution in [0.25, 0.3) is 21.8 Å². The Kier molecular flexibility index (Phi) is 4.01. The molecule has 29 heavy (non-hydrogen) atoms. The average Bonchev–Trinajstić information content (AvgIpc) is 3.28. The van der Waals surface area contributed by atoms with E-state index in [1.165, 1.54) is 0 Å². The van der Waals surface area contributed by atoms with Crippen LogP contribution in [0.15, 0.2) is 36.7 Å². The number of primary amides is 1. The van der Waals surface area contributed by atoms with Gasteiger partial charge in [-0.3, -0.25) is 19.2 Å². The summed E-state index contributed by atoms with van der Waals surface area (Å²) in [6, 6.07) is 8.16. The van der Waals surface area contributed by atoms with E-state index >= 15 is 0 Å². The standard InChI is InChI=1S/C22H25N5O2/c1-15(28)25-9-6-22(14-25)7-10-26(11-8-22)27-19-5-3-2-4-16(19)17-12-24-13-18(20(17)27)21(23)29/h2-5,12-13H,6-11,14H2,1H3,(H2,23,29). The van der Waals surface area contributed by atoms with Crippen LogP contribution in [0.1, 0.15) is 36.5 Å². The maximum atomic E-state index is 12.1. The van der Waals surface area contributed by atoms with Gasteiger partial charge < -0.3 is 15.6 Å². The van der Waals surface area contributed by atoms with Gasteiger partial charge in [0, 0.05) is 56.3 Å². The molecule has 0 radical (unpaired) electrons. The number of hydrogen-bond donors (Lipinski definition) is 1. The summed E-state index contributed by atoms with van der Waals surface area (Å²) >= 11 is 0. The quantitative estimate of drug-likeness (QED) is 0.726. The minimum atomic E-state index is -0.464. The molecule has 4 heterocycles. The Labute approximate surface area is 169 Å². The molecule has 0 aliphatic carbocycles. The SMILES string of the molecule is CC(=O)N1CCC2(CCN(n3c4ccccc4c4cncc(C(N)=O)c43)CC2)C1. The molecule has 0 bridgehead atoms. The molecule has 1 aromatic carbocycles. The van der Waals surface area contributed by atoms with Crippen molar-refractivity contribution in [3.63, 3.8) is 0 Å². The minimum absolute atomic E-state index is 0.172. The third-order valence-corrected chi connectivity index (χ3v) is 6.78. The largest absolute Gasteiger partial charge is 0.365 e. The molecule has 0 saturated carbocycles. The molecule has 0 atom stereocenters. The summed E-state index contributed by atoms with van der Waals surface area (Å²) in [6.45, 7) is 5.13. The van der Waals surface area contributed by atoms with Crippen molar-refractivity contribution in [3.05, 3.63) is 42.2 Å². The Bertz CT molecular complexity index is 1130. The minimum Gasteiger partial charge on any atom is -0.365 e. The molecular formula is C22H25N5O2. The second-order valence-corrected chi connectivity index (χ2v) is 8.42. The first-order valence-electron chi connectivity index (χ1n) is 10.2. The molecule has 5 rings (SSSR count). The summed E-state index contributed by atoms with van der Waals surface area (Å²) in [5.41, 5.74) is 8.25. The summed E-state index contributed by atoms with van der Waals surface area (Å²) in [5.74, 6) is -0.293. The van der Waals surface area contributed by atoms with E-state index in [4.69, 9.17) is 5.73 Å². The van der Waals surface area contributed by atoms with Gasteiger partial charge in [0.25, 0.3) is 5.91 Å². The van der Waals surface area contributed by atoms with Gasteiger partial charge in [-0.1, -0.05) is 18.2 Å². The van der Waals surface area contributed by atoms with Crippen LogP contribution in [0, 0.1) is 5.41 Å². The van der Waals surface area contributed by atoms with Crippen LogP contribution in [0.3, 0.4) is 0 Å². The smallest absolute Gasteiger partial charge is 0.252 e. The zero-order valence-electron chi connectivity index (χ0n) is 16.6. The summed E-state index contributed by atoms with van der Waals surface area (Å²) in [4.78, 5) is 30.2. The number of rotatable bonds is 2. The summed E-state index contributed by atoms with van der Waals surface area (Å²) in [7, 11) is 0. The highest BCUT2D eigenvalue weighted by molar-refractivity contribution is 6.15. The first kappa shape index (κ1) is 18.0. The Morgan fingerprint density at radius 2 is 1.76 bits per heavy atom. The van der Waals surface area contributed by atoms with Crippen molar-refractivity contribution in [3.8, 4) is 0 Å². The first-order valence-corrected chi connectivity index (χ1v) is 10.2. The lowest BCUT2D eigenvalue weighted by atomic mass is 9.78. The molecule has 150 valence electrons. The number of nitrogens with two attached hydrogens (primary N) is 1. The first-order chi connectivity index (χ1) is 14.0. The number of benzene rings is 1. The number of piperidine rings is 1. The molecule has 2 fully saturated rings. The van der Waals surface area contributed by atoms with Crippen molar-refractivity contribution >= 4 is 33.6 Å². The van der Waals surface area contributed by atoms with Crippen molar-refractivity contribution in [2.45, 2.75) is 26.2 Å². The van der Waals surface area contributed by atoms with Gasteiger partial charge in [0.15, 0.2) is 0 Å². The van der Waals surface area contributed by atoms with Gasteiger partial charge in [-0.05, 0) is 30.7 Å². The van der Waals surface area contributed by atoms with Crippen molar-refractivity contribution in [1.82, 2.24) is 14.6 Å². The van der Waals surface area contributed by atoms with E-state index in [0.717, 1.165) is 67.2 Å². The Hall–Kier alpha value is -3.09. The molecule has 1 spiro atoms. The third-order valence-electron chi connectivity index (χ3n) is 6.78. The van der Waals surface area contributed by atoms with Crippen molar-refractivity contribution < 1.29 is 9.59 Å². The van der Waals surface area contributed by atoms with Crippen molar-refractivity contribution in [2.24, 2.45) is 11.1 Å². The molecule has 2 aliphatic rings. The number of nitrogens with zero attached hydrogens (tertiary/aromatic N) is 4. The van der Waals surface area contributed by atoms with Gasteiger partial charge in [0.05, 0.1) is 16.6 Å². The fraction of sp³-hybridized carbons (Fsp3) is 0.409. The molecule has 3 aromatic rings. The van der Waals surface area contributed by atoms with E-state index < -0.39 is 5.91 Å². The normalized spacial score (nSPS) is 18.8. The number of aromatic nitrogens is 2. The van der Waals surface area contributed by atoms with E-state index in [0.29, 0.717) is 5.56 Å². The lowest BCUT2D eigenvalue weighted by Crippen LogP contribution is -2.47. The van der Waals surface area contributed by atoms with E-state index in [-0.39, 0.29) is 11.3 Å².